The van der Waals surface area contributed by atoms with Crippen LogP contribution in [0.15, 0.2) is 59.5 Å². The summed E-state index contributed by atoms with van der Waals surface area (Å²) >= 11 is 1.31. The van der Waals surface area contributed by atoms with Crippen LogP contribution in [-0.4, -0.2) is 57.1 Å². The number of rotatable bonds is 11. The van der Waals surface area contributed by atoms with Crippen LogP contribution >= 0.6 is 11.8 Å². The van der Waals surface area contributed by atoms with Crippen LogP contribution in [0, 0.1) is 20.2 Å². The van der Waals surface area contributed by atoms with Crippen LogP contribution in [0.4, 0.5) is 16.2 Å². The van der Waals surface area contributed by atoms with Crippen molar-refractivity contribution >= 4 is 41.1 Å². The number of β-lactam (4-membered cyclic amide) rings is 1. The number of esters is 1. The fourth-order valence-corrected chi connectivity index (χ4v) is 4.95. The molecule has 4 rings (SSSR count). The molecule has 2 heterocycles. The lowest BCUT2D eigenvalue weighted by Gasteiger charge is -2.38. The van der Waals surface area contributed by atoms with E-state index in [9.17, 15) is 34.6 Å². The average molecular weight is 543 g/mol. The molecule has 1 saturated heterocycles. The molecule has 13 nitrogen and oxygen atoms in total. The highest BCUT2D eigenvalue weighted by atomic mass is 32.2. The number of amides is 2. The van der Waals surface area contributed by atoms with Gasteiger partial charge in [0.05, 0.1) is 22.3 Å². The van der Waals surface area contributed by atoms with Gasteiger partial charge in [-0.15, -0.1) is 11.8 Å². The van der Waals surface area contributed by atoms with Gasteiger partial charge >= 0.3 is 12.1 Å². The first kappa shape index (κ1) is 26.6. The van der Waals surface area contributed by atoms with Gasteiger partial charge in [0.1, 0.15) is 13.2 Å². The molecule has 0 spiro atoms. The lowest BCUT2D eigenvalue weighted by molar-refractivity contribution is -0.385. The molecule has 198 valence electrons. The van der Waals surface area contributed by atoms with E-state index in [1.807, 2.05) is 6.08 Å². The summed E-state index contributed by atoms with van der Waals surface area (Å²) in [7, 11) is 0. The van der Waals surface area contributed by atoms with E-state index < -0.39 is 28.0 Å². The van der Waals surface area contributed by atoms with Crippen LogP contribution < -0.4 is 5.32 Å². The molecule has 0 saturated carbocycles. The van der Waals surface area contributed by atoms with Gasteiger partial charge in [0.15, 0.2) is 6.04 Å². The Morgan fingerprint density at radius 2 is 1.50 bits per heavy atom. The number of fused-ring (bicyclic) bond motifs is 1. The van der Waals surface area contributed by atoms with Gasteiger partial charge in [-0.25, -0.2) is 9.59 Å². The Morgan fingerprint density at radius 3 is 2.03 bits per heavy atom. The molecule has 2 aromatic carbocycles. The molecular formula is C24H22N4O9S. The minimum atomic E-state index is -0.876. The largest absolute Gasteiger partial charge is 0.459 e. The normalized spacial score (nSPS) is 17.6. The van der Waals surface area contributed by atoms with E-state index in [4.69, 9.17) is 9.47 Å². The zero-order chi connectivity index (χ0) is 27.2. The molecule has 1 N–H and O–H groups in total. The van der Waals surface area contributed by atoms with Crippen molar-refractivity contribution in [3.8, 4) is 0 Å². The molecule has 2 aliphatic heterocycles. The van der Waals surface area contributed by atoms with Crippen molar-refractivity contribution in [1.82, 2.24) is 10.2 Å². The molecular weight excluding hydrogens is 520 g/mol. The van der Waals surface area contributed by atoms with Crippen molar-refractivity contribution < 1.29 is 33.7 Å². The molecule has 0 unspecified atom stereocenters. The Labute approximate surface area is 220 Å². The van der Waals surface area contributed by atoms with E-state index in [0.29, 0.717) is 28.2 Å². The van der Waals surface area contributed by atoms with E-state index in [0.717, 1.165) is 0 Å². The second-order valence-electron chi connectivity index (χ2n) is 8.35. The number of carbonyl (C=O) groups is 3. The van der Waals surface area contributed by atoms with E-state index in [1.54, 1.807) is 0 Å². The maximum atomic E-state index is 12.9. The number of nitrogens with one attached hydrogen (secondary N) is 1. The molecule has 14 heteroatoms. The highest BCUT2D eigenvalue weighted by Crippen LogP contribution is 2.39. The van der Waals surface area contributed by atoms with Crippen LogP contribution in [0.3, 0.4) is 0 Å². The number of carbonyl (C=O) groups excluding carboxylic acids is 3. The molecule has 0 bridgehead atoms. The summed E-state index contributed by atoms with van der Waals surface area (Å²) in [4.78, 5) is 59.5. The number of ether oxygens (including phenoxy) is 2. The first-order chi connectivity index (χ1) is 18.2. The number of benzene rings is 2. The summed E-state index contributed by atoms with van der Waals surface area (Å²) in [6.45, 7) is 0.0773. The van der Waals surface area contributed by atoms with E-state index in [2.05, 4.69) is 5.32 Å². The predicted octanol–water partition coefficient (Wildman–Crippen LogP) is 3.07. The molecule has 2 atom stereocenters. The number of non-ortho nitro benzene ring substituents is 2. The van der Waals surface area contributed by atoms with Crippen LogP contribution in [-0.2, 0) is 32.3 Å². The van der Waals surface area contributed by atoms with Gasteiger partial charge in [0.25, 0.3) is 11.4 Å². The second kappa shape index (κ2) is 11.7. The highest BCUT2D eigenvalue weighted by Gasteiger charge is 2.50. The fraction of sp³-hybridized carbons (Fsp3) is 0.292. The lowest BCUT2D eigenvalue weighted by atomic mass is 10.0. The van der Waals surface area contributed by atoms with Crippen LogP contribution in [0.5, 0.6) is 0 Å². The highest BCUT2D eigenvalue weighted by molar-refractivity contribution is 8.03. The first-order valence-electron chi connectivity index (χ1n) is 11.4. The van der Waals surface area contributed by atoms with Crippen molar-refractivity contribution in [3.05, 3.63) is 90.9 Å². The number of thioether (sulfide) groups is 1. The molecule has 0 aromatic heterocycles. The Kier molecular flexibility index (Phi) is 8.21. The third-order valence-corrected chi connectivity index (χ3v) is 6.94. The summed E-state index contributed by atoms with van der Waals surface area (Å²) in [5.74, 6) is -0.362. The number of hydrogen-bond acceptors (Lipinski definition) is 10. The monoisotopic (exact) mass is 542 g/mol. The summed E-state index contributed by atoms with van der Waals surface area (Å²) in [5, 5.41) is 24.1. The molecule has 2 aliphatic rings. The lowest BCUT2D eigenvalue weighted by Crippen LogP contribution is -2.55. The minimum absolute atomic E-state index is 0.0520. The van der Waals surface area contributed by atoms with E-state index >= 15 is 0 Å². The predicted molar refractivity (Wildman–Crippen MR) is 134 cm³/mol. The van der Waals surface area contributed by atoms with Crippen molar-refractivity contribution in [2.24, 2.45) is 0 Å². The van der Waals surface area contributed by atoms with Gasteiger partial charge in [0.2, 0.25) is 5.91 Å². The smallest absolute Gasteiger partial charge is 0.407 e. The van der Waals surface area contributed by atoms with Crippen molar-refractivity contribution in [2.45, 2.75) is 31.7 Å². The van der Waals surface area contributed by atoms with Crippen molar-refractivity contribution in [3.63, 3.8) is 0 Å². The summed E-state index contributed by atoms with van der Waals surface area (Å²) in [6, 6.07) is 10.2. The van der Waals surface area contributed by atoms with Crippen LogP contribution in [0.25, 0.3) is 0 Å². The van der Waals surface area contributed by atoms with Gasteiger partial charge < -0.3 is 19.7 Å². The summed E-state index contributed by atoms with van der Waals surface area (Å²) in [6.07, 6.45) is 1.49. The quantitative estimate of drug-likeness (QED) is 0.146. The molecule has 2 amide bonds. The zero-order valence-electron chi connectivity index (χ0n) is 19.8. The Balaban J connectivity index is 1.22. The third kappa shape index (κ3) is 6.26. The Morgan fingerprint density at radius 1 is 0.947 bits per heavy atom. The number of alkyl carbamates (subject to hydrolysis) is 1. The maximum Gasteiger partial charge on any atom is 0.407 e. The van der Waals surface area contributed by atoms with Gasteiger partial charge in [-0.2, -0.15) is 0 Å². The van der Waals surface area contributed by atoms with Gasteiger partial charge in [0, 0.05) is 41.5 Å². The SMILES string of the molecule is O=C(NCCSC1=C[C@H]2CC(=O)N2[C@@H]1C(=O)OCc1ccc([N+](=O)[O-])cc1)OCc1ccc([N+](=O)[O-])cc1. The molecule has 2 aromatic rings. The second-order valence-corrected chi connectivity index (χ2v) is 9.52. The topological polar surface area (TPSA) is 171 Å². The van der Waals surface area contributed by atoms with Gasteiger partial charge in [-0.05, 0) is 41.5 Å². The Hall–Kier alpha value is -4.46. The first-order valence-corrected chi connectivity index (χ1v) is 12.4. The Bertz CT molecular complexity index is 1280. The molecule has 1 fully saturated rings. The number of nitro groups is 2. The average Bonchev–Trinajstić information content (AvgIpc) is 3.20. The molecule has 0 aliphatic carbocycles. The zero-order valence-corrected chi connectivity index (χ0v) is 20.6. The van der Waals surface area contributed by atoms with Gasteiger partial charge in [-0.1, -0.05) is 0 Å². The molecule has 0 radical (unpaired) electrons. The van der Waals surface area contributed by atoms with Crippen molar-refractivity contribution in [1.29, 1.82) is 0 Å². The van der Waals surface area contributed by atoms with E-state index in [1.165, 1.54) is 65.2 Å². The number of nitrogens with zero attached hydrogens (tertiary/aromatic N) is 3. The third-order valence-electron chi connectivity index (χ3n) is 5.84. The van der Waals surface area contributed by atoms with Gasteiger partial charge in [-0.3, -0.25) is 25.0 Å². The number of nitro benzene ring substituents is 2. The molecule has 38 heavy (non-hydrogen) atoms. The van der Waals surface area contributed by atoms with Crippen LogP contribution in [0.1, 0.15) is 17.5 Å². The fourth-order valence-electron chi connectivity index (χ4n) is 3.89. The summed E-state index contributed by atoms with van der Waals surface area (Å²) in [5.41, 5.74) is 1.04. The minimum Gasteiger partial charge on any atom is -0.459 e. The van der Waals surface area contributed by atoms with E-state index in [-0.39, 0.29) is 43.1 Å². The summed E-state index contributed by atoms with van der Waals surface area (Å²) < 4.78 is 10.5. The van der Waals surface area contributed by atoms with Crippen LogP contribution in [0.2, 0.25) is 0 Å². The maximum absolute atomic E-state index is 12.9. The van der Waals surface area contributed by atoms with Crippen molar-refractivity contribution in [2.75, 3.05) is 12.3 Å². The standard InChI is InChI=1S/C24H22N4O9S/c29-21-12-19-11-20(22(26(19)21)23(30)36-13-15-1-5-17(6-2-15)27(32)33)38-10-9-25-24(31)37-14-16-3-7-18(8-4-16)28(34)35/h1-8,11,19,22H,9-10,12-14H2,(H,25,31)/t19-,22-/m0/s1. The number of hydrogen-bond donors (Lipinski definition) is 1.